The van der Waals surface area contributed by atoms with E-state index in [0.29, 0.717) is 25.1 Å². The van der Waals surface area contributed by atoms with Crippen LogP contribution in [-0.4, -0.2) is 16.1 Å². The van der Waals surface area contributed by atoms with Gasteiger partial charge in [0.2, 0.25) is 5.91 Å². The Bertz CT molecular complexity index is 406. The van der Waals surface area contributed by atoms with Crippen molar-refractivity contribution in [3.05, 3.63) is 24.0 Å². The zero-order valence-corrected chi connectivity index (χ0v) is 10.1. The Morgan fingerprint density at radius 2 is 2.24 bits per heavy atom. The summed E-state index contributed by atoms with van der Waals surface area (Å²) in [5, 5.41) is 19.4. The highest BCUT2D eigenvalue weighted by molar-refractivity contribution is 5.85. The monoisotopic (exact) mass is 232 g/mol. The van der Waals surface area contributed by atoms with E-state index < -0.39 is 5.41 Å². The zero-order valence-electron chi connectivity index (χ0n) is 10.1. The van der Waals surface area contributed by atoms with Crippen molar-refractivity contribution in [2.24, 2.45) is 5.41 Å². The fraction of sp³-hybridized carbons (Fsp3) is 0.500. The number of amides is 1. The highest BCUT2D eigenvalue weighted by Crippen LogP contribution is 2.25. The van der Waals surface area contributed by atoms with E-state index in [-0.39, 0.29) is 5.91 Å². The molecule has 0 aliphatic heterocycles. The molecule has 0 radical (unpaired) electrons. The van der Waals surface area contributed by atoms with Gasteiger partial charge in [-0.25, -0.2) is 0 Å². The summed E-state index contributed by atoms with van der Waals surface area (Å²) < 4.78 is 0. The van der Waals surface area contributed by atoms with Gasteiger partial charge in [0.05, 0.1) is 18.3 Å². The lowest BCUT2D eigenvalue weighted by Crippen LogP contribution is -2.39. The van der Waals surface area contributed by atoms with Gasteiger partial charge >= 0.3 is 0 Å². The first-order chi connectivity index (χ1) is 8.18. The van der Waals surface area contributed by atoms with E-state index >= 15 is 0 Å². The van der Waals surface area contributed by atoms with Crippen LogP contribution in [0.4, 0.5) is 0 Å². The SMILES string of the molecule is CCC(C#N)(CC)C(=O)NCc1cccnn1. The van der Waals surface area contributed by atoms with Crippen LogP contribution in [0, 0.1) is 16.7 Å². The number of aromatic nitrogens is 2. The third-order valence-electron chi connectivity index (χ3n) is 2.91. The molecule has 0 bridgehead atoms. The normalized spacial score (nSPS) is 10.6. The van der Waals surface area contributed by atoms with Gasteiger partial charge in [-0.05, 0) is 25.0 Å². The van der Waals surface area contributed by atoms with Crippen LogP contribution in [0.15, 0.2) is 18.3 Å². The molecule has 0 spiro atoms. The van der Waals surface area contributed by atoms with Crippen molar-refractivity contribution < 1.29 is 4.79 Å². The summed E-state index contributed by atoms with van der Waals surface area (Å²) in [6.45, 7) is 3.99. The maximum absolute atomic E-state index is 11.9. The first-order valence-electron chi connectivity index (χ1n) is 5.64. The van der Waals surface area contributed by atoms with Crippen molar-refractivity contribution >= 4 is 5.91 Å². The van der Waals surface area contributed by atoms with Gasteiger partial charge in [-0.3, -0.25) is 4.79 Å². The standard InChI is InChI=1S/C12H16N4O/c1-3-12(4-2,9-13)11(17)14-8-10-6-5-7-15-16-10/h5-7H,3-4,8H2,1-2H3,(H,14,17). The Morgan fingerprint density at radius 1 is 1.53 bits per heavy atom. The average molecular weight is 232 g/mol. The lowest BCUT2D eigenvalue weighted by molar-refractivity contribution is -0.128. The summed E-state index contributed by atoms with van der Waals surface area (Å²) in [5.41, 5.74) is -0.248. The van der Waals surface area contributed by atoms with Gasteiger partial charge in [-0.2, -0.15) is 15.5 Å². The van der Waals surface area contributed by atoms with Crippen molar-refractivity contribution in [2.75, 3.05) is 0 Å². The fourth-order valence-corrected chi connectivity index (χ4v) is 1.55. The van der Waals surface area contributed by atoms with E-state index in [2.05, 4.69) is 21.6 Å². The van der Waals surface area contributed by atoms with Gasteiger partial charge in [0.1, 0.15) is 5.41 Å². The molecule has 1 aromatic rings. The number of carbonyl (C=O) groups excluding carboxylic acids is 1. The third kappa shape index (κ3) is 3.00. The van der Waals surface area contributed by atoms with Crippen molar-refractivity contribution in [2.45, 2.75) is 33.2 Å². The van der Waals surface area contributed by atoms with Crippen LogP contribution in [0.5, 0.6) is 0 Å². The Labute approximate surface area is 101 Å². The number of hydrogen-bond donors (Lipinski definition) is 1. The van der Waals surface area contributed by atoms with Crippen LogP contribution in [0.1, 0.15) is 32.4 Å². The van der Waals surface area contributed by atoms with Crippen LogP contribution >= 0.6 is 0 Å². The lowest BCUT2D eigenvalue weighted by Gasteiger charge is -2.21. The van der Waals surface area contributed by atoms with Crippen LogP contribution in [0.2, 0.25) is 0 Å². The van der Waals surface area contributed by atoms with Crippen LogP contribution in [0.3, 0.4) is 0 Å². The minimum Gasteiger partial charge on any atom is -0.349 e. The first kappa shape index (κ1) is 13.1. The molecule has 1 heterocycles. The topological polar surface area (TPSA) is 78.7 Å². The summed E-state index contributed by atoms with van der Waals surface area (Å²) in [6, 6.07) is 5.64. The quantitative estimate of drug-likeness (QED) is 0.832. The zero-order chi connectivity index (χ0) is 12.7. The summed E-state index contributed by atoms with van der Waals surface area (Å²) in [7, 11) is 0. The molecular weight excluding hydrogens is 216 g/mol. The molecule has 5 heteroatoms. The molecule has 1 N–H and O–H groups in total. The van der Waals surface area contributed by atoms with Gasteiger partial charge in [0, 0.05) is 6.20 Å². The number of nitriles is 1. The molecule has 0 fully saturated rings. The second-order valence-electron chi connectivity index (χ2n) is 3.80. The number of rotatable bonds is 5. The average Bonchev–Trinajstić information content (AvgIpc) is 2.40. The molecule has 0 aromatic carbocycles. The number of carbonyl (C=O) groups is 1. The maximum atomic E-state index is 11.9. The minimum absolute atomic E-state index is 0.240. The lowest BCUT2D eigenvalue weighted by atomic mass is 9.83. The number of nitrogens with one attached hydrogen (secondary N) is 1. The van der Waals surface area contributed by atoms with E-state index in [1.165, 1.54) is 0 Å². The second-order valence-corrected chi connectivity index (χ2v) is 3.80. The second kappa shape index (κ2) is 5.94. The van der Waals surface area contributed by atoms with Gasteiger partial charge in [-0.15, -0.1) is 0 Å². The van der Waals surface area contributed by atoms with E-state index in [4.69, 9.17) is 5.26 Å². The van der Waals surface area contributed by atoms with Crippen LogP contribution in [-0.2, 0) is 11.3 Å². The Balaban J connectivity index is 2.64. The smallest absolute Gasteiger partial charge is 0.240 e. The summed E-state index contributed by atoms with van der Waals surface area (Å²) >= 11 is 0. The predicted molar refractivity (Wildman–Crippen MR) is 62.5 cm³/mol. The van der Waals surface area contributed by atoms with E-state index in [1.807, 2.05) is 13.8 Å². The minimum atomic E-state index is -0.928. The van der Waals surface area contributed by atoms with Gasteiger partial charge in [0.15, 0.2) is 0 Å². The highest BCUT2D eigenvalue weighted by Gasteiger charge is 2.34. The van der Waals surface area contributed by atoms with Crippen molar-refractivity contribution in [1.29, 1.82) is 5.26 Å². The fourth-order valence-electron chi connectivity index (χ4n) is 1.55. The molecule has 0 saturated carbocycles. The Kier molecular flexibility index (Phi) is 4.58. The molecule has 0 aliphatic carbocycles. The molecule has 0 unspecified atom stereocenters. The Morgan fingerprint density at radius 3 is 2.71 bits per heavy atom. The van der Waals surface area contributed by atoms with Crippen molar-refractivity contribution in [3.8, 4) is 6.07 Å². The number of nitrogens with zero attached hydrogens (tertiary/aromatic N) is 3. The molecule has 17 heavy (non-hydrogen) atoms. The molecular formula is C12H16N4O. The van der Waals surface area contributed by atoms with Gasteiger partial charge in [-0.1, -0.05) is 13.8 Å². The highest BCUT2D eigenvalue weighted by atomic mass is 16.2. The Hall–Kier alpha value is -1.96. The number of hydrogen-bond acceptors (Lipinski definition) is 4. The summed E-state index contributed by atoms with van der Waals surface area (Å²) in [4.78, 5) is 11.9. The van der Waals surface area contributed by atoms with Crippen LogP contribution in [0.25, 0.3) is 0 Å². The molecule has 5 nitrogen and oxygen atoms in total. The van der Waals surface area contributed by atoms with Crippen molar-refractivity contribution in [1.82, 2.24) is 15.5 Å². The molecule has 0 aliphatic rings. The van der Waals surface area contributed by atoms with Crippen molar-refractivity contribution in [3.63, 3.8) is 0 Å². The molecule has 1 aromatic heterocycles. The summed E-state index contributed by atoms with van der Waals surface area (Å²) in [6.07, 6.45) is 2.58. The van der Waals surface area contributed by atoms with Crippen LogP contribution < -0.4 is 5.32 Å². The molecule has 90 valence electrons. The van der Waals surface area contributed by atoms with E-state index in [9.17, 15) is 4.79 Å². The third-order valence-corrected chi connectivity index (χ3v) is 2.91. The van der Waals surface area contributed by atoms with E-state index in [1.54, 1.807) is 18.3 Å². The maximum Gasteiger partial charge on any atom is 0.240 e. The van der Waals surface area contributed by atoms with Gasteiger partial charge < -0.3 is 5.32 Å². The molecule has 1 rings (SSSR count). The van der Waals surface area contributed by atoms with E-state index in [0.717, 1.165) is 0 Å². The first-order valence-corrected chi connectivity index (χ1v) is 5.64. The summed E-state index contributed by atoms with van der Waals surface area (Å²) in [5.74, 6) is -0.240. The van der Waals surface area contributed by atoms with Gasteiger partial charge in [0.25, 0.3) is 0 Å². The molecule has 0 saturated heterocycles. The molecule has 1 amide bonds. The largest absolute Gasteiger partial charge is 0.349 e. The molecule has 0 atom stereocenters. The predicted octanol–water partition coefficient (Wildman–Crippen LogP) is 1.42.